The predicted octanol–water partition coefficient (Wildman–Crippen LogP) is 3.01. The van der Waals surface area contributed by atoms with Crippen molar-refractivity contribution in [3.8, 4) is 5.75 Å². The quantitative estimate of drug-likeness (QED) is 0.889. The van der Waals surface area contributed by atoms with Gasteiger partial charge >= 0.3 is 0 Å². The average Bonchev–Trinajstić information content (AvgIpc) is 2.79. The molecule has 16 heavy (non-hydrogen) atoms. The van der Waals surface area contributed by atoms with Gasteiger partial charge in [0, 0.05) is 11.6 Å². The van der Waals surface area contributed by atoms with Gasteiger partial charge in [-0.2, -0.15) is 0 Å². The minimum Gasteiger partial charge on any atom is -0.481 e. The molecule has 0 spiro atoms. The van der Waals surface area contributed by atoms with Crippen molar-refractivity contribution in [2.75, 3.05) is 6.54 Å². The standard InChI is InChI=1S/C12H12ClNO2/c13-9-3-1-4-10(7-9)16-12(8-14)11-5-2-6-15-11/h1-7,12H,8,14H2. The maximum atomic E-state index is 5.86. The summed E-state index contributed by atoms with van der Waals surface area (Å²) in [6.07, 6.45) is 1.31. The molecule has 1 heterocycles. The summed E-state index contributed by atoms with van der Waals surface area (Å²) in [6, 6.07) is 10.8. The molecule has 0 aliphatic carbocycles. The molecule has 84 valence electrons. The van der Waals surface area contributed by atoms with Gasteiger partial charge < -0.3 is 14.9 Å². The van der Waals surface area contributed by atoms with Crippen molar-refractivity contribution in [1.82, 2.24) is 0 Å². The molecule has 1 aromatic heterocycles. The molecule has 0 aliphatic heterocycles. The molecule has 0 saturated heterocycles. The Morgan fingerprint density at radius 2 is 2.19 bits per heavy atom. The van der Waals surface area contributed by atoms with Crippen molar-refractivity contribution in [2.24, 2.45) is 5.73 Å². The second kappa shape index (κ2) is 5.05. The molecule has 0 saturated carbocycles. The Labute approximate surface area is 98.8 Å². The third kappa shape index (κ3) is 2.56. The molecule has 0 fully saturated rings. The fourth-order valence-corrected chi connectivity index (χ4v) is 1.58. The second-order valence-electron chi connectivity index (χ2n) is 3.31. The van der Waals surface area contributed by atoms with Gasteiger partial charge in [0.05, 0.1) is 6.26 Å². The van der Waals surface area contributed by atoms with E-state index in [0.29, 0.717) is 23.1 Å². The van der Waals surface area contributed by atoms with E-state index in [0.717, 1.165) is 0 Å². The van der Waals surface area contributed by atoms with Crippen LogP contribution in [0.3, 0.4) is 0 Å². The normalized spacial score (nSPS) is 12.4. The molecule has 1 aromatic carbocycles. The lowest BCUT2D eigenvalue weighted by Gasteiger charge is -2.15. The summed E-state index contributed by atoms with van der Waals surface area (Å²) in [6.45, 7) is 0.347. The van der Waals surface area contributed by atoms with Crippen LogP contribution in [0.15, 0.2) is 47.1 Å². The lowest BCUT2D eigenvalue weighted by molar-refractivity contribution is 0.184. The van der Waals surface area contributed by atoms with Gasteiger partial charge in [0.15, 0.2) is 6.10 Å². The molecule has 2 N–H and O–H groups in total. The maximum Gasteiger partial charge on any atom is 0.168 e. The smallest absolute Gasteiger partial charge is 0.168 e. The van der Waals surface area contributed by atoms with Crippen LogP contribution in [-0.4, -0.2) is 6.54 Å². The van der Waals surface area contributed by atoms with Crippen molar-refractivity contribution >= 4 is 11.6 Å². The van der Waals surface area contributed by atoms with E-state index in [1.54, 1.807) is 24.5 Å². The Kier molecular flexibility index (Phi) is 3.49. The zero-order valence-corrected chi connectivity index (χ0v) is 9.35. The van der Waals surface area contributed by atoms with E-state index in [9.17, 15) is 0 Å². The van der Waals surface area contributed by atoms with Gasteiger partial charge in [-0.15, -0.1) is 0 Å². The zero-order valence-electron chi connectivity index (χ0n) is 8.60. The van der Waals surface area contributed by atoms with Crippen LogP contribution in [-0.2, 0) is 0 Å². The lowest BCUT2D eigenvalue weighted by Crippen LogP contribution is -2.17. The molecule has 1 atom stereocenters. The lowest BCUT2D eigenvalue weighted by atomic mass is 10.2. The maximum absolute atomic E-state index is 5.86. The van der Waals surface area contributed by atoms with Gasteiger partial charge in [0.2, 0.25) is 0 Å². The van der Waals surface area contributed by atoms with Gasteiger partial charge in [0.1, 0.15) is 11.5 Å². The van der Waals surface area contributed by atoms with E-state index >= 15 is 0 Å². The third-order valence-corrected chi connectivity index (χ3v) is 2.38. The topological polar surface area (TPSA) is 48.4 Å². The molecule has 4 heteroatoms. The Balaban J connectivity index is 2.13. The van der Waals surface area contributed by atoms with Crippen molar-refractivity contribution in [3.05, 3.63) is 53.4 Å². The Hall–Kier alpha value is -1.45. The Morgan fingerprint density at radius 3 is 2.81 bits per heavy atom. The zero-order chi connectivity index (χ0) is 11.4. The number of furan rings is 1. The van der Waals surface area contributed by atoms with Crippen LogP contribution in [0.25, 0.3) is 0 Å². The number of rotatable bonds is 4. The van der Waals surface area contributed by atoms with Gasteiger partial charge in [0.25, 0.3) is 0 Å². The largest absolute Gasteiger partial charge is 0.481 e. The molecule has 2 rings (SSSR count). The summed E-state index contributed by atoms with van der Waals surface area (Å²) in [7, 11) is 0. The molecule has 1 unspecified atom stereocenters. The highest BCUT2D eigenvalue weighted by Crippen LogP contribution is 2.23. The van der Waals surface area contributed by atoms with Gasteiger partial charge in [-0.05, 0) is 30.3 Å². The number of hydrogen-bond donors (Lipinski definition) is 1. The number of ether oxygens (including phenoxy) is 1. The summed E-state index contributed by atoms with van der Waals surface area (Å²) in [5.41, 5.74) is 5.63. The highest BCUT2D eigenvalue weighted by Gasteiger charge is 2.14. The van der Waals surface area contributed by atoms with Crippen LogP contribution >= 0.6 is 11.6 Å². The van der Waals surface area contributed by atoms with E-state index in [4.69, 9.17) is 26.5 Å². The van der Waals surface area contributed by atoms with Crippen molar-refractivity contribution in [3.63, 3.8) is 0 Å². The number of hydrogen-bond acceptors (Lipinski definition) is 3. The summed E-state index contributed by atoms with van der Waals surface area (Å²) >= 11 is 5.86. The summed E-state index contributed by atoms with van der Waals surface area (Å²) in [5.74, 6) is 1.39. The molecular formula is C12H12ClNO2. The molecule has 0 radical (unpaired) electrons. The number of halogens is 1. The van der Waals surface area contributed by atoms with Gasteiger partial charge in [-0.1, -0.05) is 17.7 Å². The predicted molar refractivity (Wildman–Crippen MR) is 62.6 cm³/mol. The molecule has 0 bridgehead atoms. The van der Waals surface area contributed by atoms with Crippen LogP contribution < -0.4 is 10.5 Å². The van der Waals surface area contributed by atoms with Crippen molar-refractivity contribution in [2.45, 2.75) is 6.10 Å². The summed E-state index contributed by atoms with van der Waals surface area (Å²) in [4.78, 5) is 0. The van der Waals surface area contributed by atoms with E-state index in [2.05, 4.69) is 0 Å². The van der Waals surface area contributed by atoms with Gasteiger partial charge in [-0.3, -0.25) is 0 Å². The Bertz CT molecular complexity index is 442. The van der Waals surface area contributed by atoms with Crippen LogP contribution in [0.4, 0.5) is 0 Å². The first-order chi connectivity index (χ1) is 7.79. The highest BCUT2D eigenvalue weighted by atomic mass is 35.5. The number of nitrogens with two attached hydrogens (primary N) is 1. The van der Waals surface area contributed by atoms with Crippen LogP contribution in [0.2, 0.25) is 5.02 Å². The SMILES string of the molecule is NCC(Oc1cccc(Cl)c1)c1ccco1. The molecule has 0 amide bonds. The third-order valence-electron chi connectivity index (χ3n) is 2.15. The Morgan fingerprint density at radius 1 is 1.31 bits per heavy atom. The van der Waals surface area contributed by atoms with Crippen LogP contribution in [0.1, 0.15) is 11.9 Å². The first-order valence-electron chi connectivity index (χ1n) is 4.95. The minimum absolute atomic E-state index is 0.284. The summed E-state index contributed by atoms with van der Waals surface area (Å²) < 4.78 is 10.9. The molecule has 2 aromatic rings. The molecule has 0 aliphatic rings. The average molecular weight is 238 g/mol. The minimum atomic E-state index is -0.284. The van der Waals surface area contributed by atoms with Crippen molar-refractivity contribution in [1.29, 1.82) is 0 Å². The highest BCUT2D eigenvalue weighted by molar-refractivity contribution is 6.30. The van der Waals surface area contributed by atoms with Crippen molar-refractivity contribution < 1.29 is 9.15 Å². The van der Waals surface area contributed by atoms with E-state index in [1.807, 2.05) is 18.2 Å². The second-order valence-corrected chi connectivity index (χ2v) is 3.75. The van der Waals surface area contributed by atoms with Gasteiger partial charge in [-0.25, -0.2) is 0 Å². The molecular weight excluding hydrogens is 226 g/mol. The summed E-state index contributed by atoms with van der Waals surface area (Å²) in [5, 5.41) is 0.632. The van der Waals surface area contributed by atoms with E-state index < -0.39 is 0 Å². The molecule has 3 nitrogen and oxygen atoms in total. The monoisotopic (exact) mass is 237 g/mol. The van der Waals surface area contributed by atoms with E-state index in [1.165, 1.54) is 0 Å². The van der Waals surface area contributed by atoms with E-state index in [-0.39, 0.29) is 6.10 Å². The fraction of sp³-hybridized carbons (Fsp3) is 0.167. The van der Waals surface area contributed by atoms with Crippen LogP contribution in [0.5, 0.6) is 5.75 Å². The first kappa shape index (κ1) is 11.0. The number of benzene rings is 1. The van der Waals surface area contributed by atoms with Crippen LogP contribution in [0, 0.1) is 0 Å². The first-order valence-corrected chi connectivity index (χ1v) is 5.33. The fourth-order valence-electron chi connectivity index (χ4n) is 1.40.